The van der Waals surface area contributed by atoms with Gasteiger partial charge in [-0.3, -0.25) is 4.79 Å². The number of hydrogen-bond donors (Lipinski definition) is 1. The van der Waals surface area contributed by atoms with Gasteiger partial charge in [0, 0.05) is 23.4 Å². The van der Waals surface area contributed by atoms with Crippen LogP contribution in [0.4, 0.5) is 0 Å². The van der Waals surface area contributed by atoms with Crippen LogP contribution in [0.25, 0.3) is 0 Å². The molecular formula is C15H26N2OS. The van der Waals surface area contributed by atoms with Crippen molar-refractivity contribution in [3.05, 3.63) is 22.4 Å². The molecule has 19 heavy (non-hydrogen) atoms. The zero-order valence-electron chi connectivity index (χ0n) is 12.5. The predicted molar refractivity (Wildman–Crippen MR) is 82.4 cm³/mol. The fourth-order valence-electron chi connectivity index (χ4n) is 1.90. The molecular weight excluding hydrogens is 256 g/mol. The van der Waals surface area contributed by atoms with Crippen LogP contribution in [0.5, 0.6) is 0 Å². The van der Waals surface area contributed by atoms with Gasteiger partial charge in [0.05, 0.1) is 6.54 Å². The van der Waals surface area contributed by atoms with Crippen LogP contribution in [0.15, 0.2) is 17.5 Å². The monoisotopic (exact) mass is 282 g/mol. The van der Waals surface area contributed by atoms with Crippen LogP contribution in [-0.2, 0) is 11.3 Å². The Bertz CT molecular complexity index is 360. The topological polar surface area (TPSA) is 32.3 Å². The Hall–Kier alpha value is -0.870. The lowest BCUT2D eigenvalue weighted by molar-refractivity contribution is -0.133. The van der Waals surface area contributed by atoms with Crippen molar-refractivity contribution in [3.63, 3.8) is 0 Å². The summed E-state index contributed by atoms with van der Waals surface area (Å²) in [5, 5.41) is 5.41. The number of thiophene rings is 1. The number of carbonyl (C=O) groups is 1. The summed E-state index contributed by atoms with van der Waals surface area (Å²) in [5.41, 5.74) is 0. The van der Waals surface area contributed by atoms with E-state index >= 15 is 0 Å². The first-order chi connectivity index (χ1) is 9.00. The Morgan fingerprint density at radius 3 is 2.63 bits per heavy atom. The molecule has 0 fully saturated rings. The van der Waals surface area contributed by atoms with E-state index in [-0.39, 0.29) is 11.9 Å². The van der Waals surface area contributed by atoms with E-state index in [0.29, 0.717) is 12.5 Å². The summed E-state index contributed by atoms with van der Waals surface area (Å²) in [6.07, 6.45) is 1.54. The lowest BCUT2D eigenvalue weighted by atomic mass is 10.2. The van der Waals surface area contributed by atoms with Gasteiger partial charge in [-0.2, -0.15) is 0 Å². The molecule has 0 spiro atoms. The van der Waals surface area contributed by atoms with Gasteiger partial charge in [0.1, 0.15) is 0 Å². The molecule has 1 amide bonds. The van der Waals surface area contributed by atoms with Gasteiger partial charge in [0.15, 0.2) is 0 Å². The first kappa shape index (κ1) is 16.2. The number of rotatable bonds is 8. The first-order valence-electron chi connectivity index (χ1n) is 7.06. The average molecular weight is 282 g/mol. The summed E-state index contributed by atoms with van der Waals surface area (Å²) in [6.45, 7) is 10.1. The molecule has 4 heteroatoms. The van der Waals surface area contributed by atoms with Crippen molar-refractivity contribution in [2.75, 3.05) is 6.54 Å². The van der Waals surface area contributed by atoms with Crippen molar-refractivity contribution < 1.29 is 4.79 Å². The second-order valence-electron chi connectivity index (χ2n) is 5.41. The Morgan fingerprint density at radius 2 is 2.11 bits per heavy atom. The van der Waals surface area contributed by atoms with E-state index in [1.54, 1.807) is 11.3 Å². The number of carbonyl (C=O) groups excluding carboxylic acids is 1. The molecule has 3 nitrogen and oxygen atoms in total. The van der Waals surface area contributed by atoms with Gasteiger partial charge in [-0.1, -0.05) is 19.9 Å². The molecule has 0 saturated carbocycles. The van der Waals surface area contributed by atoms with Crippen molar-refractivity contribution in [1.29, 1.82) is 0 Å². The number of amides is 1. The van der Waals surface area contributed by atoms with Crippen LogP contribution in [0, 0.1) is 0 Å². The van der Waals surface area contributed by atoms with E-state index in [0.717, 1.165) is 19.5 Å². The van der Waals surface area contributed by atoms with E-state index in [9.17, 15) is 4.79 Å². The Kier molecular flexibility index (Phi) is 7.10. The molecule has 0 aromatic carbocycles. The minimum absolute atomic E-state index is 0.257. The third kappa shape index (κ3) is 6.21. The molecule has 1 aromatic heterocycles. The minimum atomic E-state index is 0.257. The molecule has 0 aliphatic heterocycles. The normalized spacial score (nSPS) is 11.3. The molecule has 0 bridgehead atoms. The molecule has 0 saturated heterocycles. The van der Waals surface area contributed by atoms with Crippen LogP contribution in [-0.4, -0.2) is 29.4 Å². The van der Waals surface area contributed by atoms with Gasteiger partial charge in [-0.15, -0.1) is 11.3 Å². The second kappa shape index (κ2) is 8.33. The number of nitrogens with zero attached hydrogens (tertiary/aromatic N) is 1. The number of nitrogens with one attached hydrogen (secondary N) is 1. The standard InChI is InChI=1S/C15H26N2OS/c1-12(2)16-9-5-8-15(18)17(13(3)4)11-14-7-6-10-19-14/h6-7,10,12-13,16H,5,8-9,11H2,1-4H3. The van der Waals surface area contributed by atoms with E-state index < -0.39 is 0 Å². The molecule has 0 radical (unpaired) electrons. The lowest BCUT2D eigenvalue weighted by Crippen LogP contribution is -2.36. The molecule has 0 aliphatic rings. The quantitative estimate of drug-likeness (QED) is 0.742. The van der Waals surface area contributed by atoms with Crippen molar-refractivity contribution in [3.8, 4) is 0 Å². The van der Waals surface area contributed by atoms with E-state index in [1.807, 2.05) is 11.0 Å². The zero-order valence-corrected chi connectivity index (χ0v) is 13.3. The van der Waals surface area contributed by atoms with E-state index in [1.165, 1.54) is 4.88 Å². The van der Waals surface area contributed by atoms with Crippen molar-refractivity contribution in [1.82, 2.24) is 10.2 Å². The fraction of sp³-hybridized carbons (Fsp3) is 0.667. The summed E-state index contributed by atoms with van der Waals surface area (Å²) in [6, 6.07) is 4.87. The molecule has 0 unspecified atom stereocenters. The highest BCUT2D eigenvalue weighted by Gasteiger charge is 2.17. The third-order valence-corrected chi connectivity index (χ3v) is 3.83. The predicted octanol–water partition coefficient (Wildman–Crippen LogP) is 3.26. The Morgan fingerprint density at radius 1 is 1.37 bits per heavy atom. The molecule has 108 valence electrons. The molecule has 1 N–H and O–H groups in total. The van der Waals surface area contributed by atoms with Gasteiger partial charge in [-0.25, -0.2) is 0 Å². The van der Waals surface area contributed by atoms with Crippen LogP contribution in [0.1, 0.15) is 45.4 Å². The van der Waals surface area contributed by atoms with Crippen LogP contribution in [0.2, 0.25) is 0 Å². The summed E-state index contributed by atoms with van der Waals surface area (Å²) in [4.78, 5) is 15.5. The Balaban J connectivity index is 2.40. The molecule has 1 rings (SSSR count). The van der Waals surface area contributed by atoms with Crippen molar-refractivity contribution in [2.45, 2.75) is 59.2 Å². The molecule has 1 aromatic rings. The lowest BCUT2D eigenvalue weighted by Gasteiger charge is -2.26. The maximum Gasteiger partial charge on any atom is 0.223 e. The summed E-state index contributed by atoms with van der Waals surface area (Å²) >= 11 is 1.71. The van der Waals surface area contributed by atoms with E-state index in [2.05, 4.69) is 44.5 Å². The van der Waals surface area contributed by atoms with Gasteiger partial charge in [0.25, 0.3) is 0 Å². The van der Waals surface area contributed by atoms with Crippen LogP contribution in [0.3, 0.4) is 0 Å². The van der Waals surface area contributed by atoms with Crippen molar-refractivity contribution >= 4 is 17.2 Å². The first-order valence-corrected chi connectivity index (χ1v) is 7.94. The zero-order chi connectivity index (χ0) is 14.3. The van der Waals surface area contributed by atoms with E-state index in [4.69, 9.17) is 0 Å². The van der Waals surface area contributed by atoms with Gasteiger partial charge in [-0.05, 0) is 38.3 Å². The average Bonchev–Trinajstić information content (AvgIpc) is 2.83. The summed E-state index contributed by atoms with van der Waals surface area (Å²) in [7, 11) is 0. The molecule has 0 atom stereocenters. The highest BCUT2D eigenvalue weighted by atomic mass is 32.1. The largest absolute Gasteiger partial charge is 0.335 e. The fourth-order valence-corrected chi connectivity index (χ4v) is 2.61. The van der Waals surface area contributed by atoms with Crippen molar-refractivity contribution in [2.24, 2.45) is 0 Å². The smallest absolute Gasteiger partial charge is 0.223 e. The Labute approximate surface area is 121 Å². The summed E-state index contributed by atoms with van der Waals surface area (Å²) in [5.74, 6) is 0.258. The van der Waals surface area contributed by atoms with Gasteiger partial charge in [0.2, 0.25) is 5.91 Å². The second-order valence-corrected chi connectivity index (χ2v) is 6.44. The van der Waals surface area contributed by atoms with Crippen LogP contribution < -0.4 is 5.32 Å². The highest BCUT2D eigenvalue weighted by Crippen LogP contribution is 2.15. The summed E-state index contributed by atoms with van der Waals surface area (Å²) < 4.78 is 0. The third-order valence-electron chi connectivity index (χ3n) is 2.97. The van der Waals surface area contributed by atoms with Gasteiger partial charge >= 0.3 is 0 Å². The van der Waals surface area contributed by atoms with Gasteiger partial charge < -0.3 is 10.2 Å². The SMILES string of the molecule is CC(C)NCCCC(=O)N(Cc1cccs1)C(C)C. The van der Waals surface area contributed by atoms with Crippen LogP contribution >= 0.6 is 11.3 Å². The minimum Gasteiger partial charge on any atom is -0.335 e. The maximum atomic E-state index is 12.3. The molecule has 1 heterocycles. The molecule has 0 aliphatic carbocycles. The number of hydrogen-bond acceptors (Lipinski definition) is 3. The highest BCUT2D eigenvalue weighted by molar-refractivity contribution is 7.09. The maximum absolute atomic E-state index is 12.3.